The highest BCUT2D eigenvalue weighted by atomic mass is 32.1. The van der Waals surface area contributed by atoms with E-state index in [1.54, 1.807) is 0 Å². The SMILES string of the molecule is Cc1nc(Nc2ncc(C(=O)O)s2)cc(N2CCN(C)CC2)n1. The van der Waals surface area contributed by atoms with E-state index in [0.29, 0.717) is 16.8 Å². The van der Waals surface area contributed by atoms with Gasteiger partial charge < -0.3 is 20.2 Å². The van der Waals surface area contributed by atoms with E-state index >= 15 is 0 Å². The molecule has 3 heterocycles. The zero-order chi connectivity index (χ0) is 16.4. The summed E-state index contributed by atoms with van der Waals surface area (Å²) in [5, 5.41) is 12.5. The molecule has 3 rings (SSSR count). The fourth-order valence-electron chi connectivity index (χ4n) is 2.35. The average molecular weight is 334 g/mol. The summed E-state index contributed by atoms with van der Waals surface area (Å²) in [6.07, 6.45) is 1.34. The van der Waals surface area contributed by atoms with Gasteiger partial charge in [0.15, 0.2) is 5.13 Å². The molecular formula is C14H18N6O2S. The number of carbonyl (C=O) groups is 1. The maximum atomic E-state index is 10.9. The maximum Gasteiger partial charge on any atom is 0.347 e. The Labute approximate surface area is 137 Å². The molecule has 122 valence electrons. The summed E-state index contributed by atoms with van der Waals surface area (Å²) in [4.78, 5) is 28.5. The Bertz CT molecular complexity index is 711. The molecule has 2 aromatic rings. The van der Waals surface area contributed by atoms with Crippen molar-refractivity contribution in [3.63, 3.8) is 0 Å². The Morgan fingerprint density at radius 1 is 1.30 bits per heavy atom. The van der Waals surface area contributed by atoms with Gasteiger partial charge in [-0.1, -0.05) is 11.3 Å². The van der Waals surface area contributed by atoms with E-state index in [1.165, 1.54) is 6.20 Å². The number of nitrogens with one attached hydrogen (secondary N) is 1. The number of rotatable bonds is 4. The third-order valence-electron chi connectivity index (χ3n) is 3.60. The van der Waals surface area contributed by atoms with Crippen molar-refractivity contribution < 1.29 is 9.90 Å². The number of piperazine rings is 1. The molecule has 1 aliphatic rings. The van der Waals surface area contributed by atoms with Crippen LogP contribution < -0.4 is 10.2 Å². The van der Waals surface area contributed by atoms with Crippen LogP contribution in [0.1, 0.15) is 15.5 Å². The van der Waals surface area contributed by atoms with Crippen LogP contribution in [0.2, 0.25) is 0 Å². The quantitative estimate of drug-likeness (QED) is 0.867. The molecule has 0 bridgehead atoms. The fourth-order valence-corrected chi connectivity index (χ4v) is 3.02. The fraction of sp³-hybridized carbons (Fsp3) is 0.429. The largest absolute Gasteiger partial charge is 0.477 e. The number of nitrogens with zero attached hydrogens (tertiary/aromatic N) is 5. The van der Waals surface area contributed by atoms with E-state index in [0.717, 1.165) is 43.3 Å². The van der Waals surface area contributed by atoms with Crippen LogP contribution in [-0.2, 0) is 0 Å². The number of carboxylic acid groups (broad SMARTS) is 1. The van der Waals surface area contributed by atoms with Crippen molar-refractivity contribution in [3.8, 4) is 0 Å². The molecule has 0 atom stereocenters. The lowest BCUT2D eigenvalue weighted by molar-refractivity contribution is 0.0702. The van der Waals surface area contributed by atoms with Crippen LogP contribution in [0.25, 0.3) is 0 Å². The molecule has 1 aliphatic heterocycles. The van der Waals surface area contributed by atoms with Gasteiger partial charge in [0.05, 0.1) is 6.20 Å². The average Bonchev–Trinajstić information content (AvgIpc) is 2.96. The molecule has 2 aromatic heterocycles. The number of aromatic nitrogens is 3. The van der Waals surface area contributed by atoms with E-state index < -0.39 is 5.97 Å². The summed E-state index contributed by atoms with van der Waals surface area (Å²) in [5.41, 5.74) is 0. The predicted molar refractivity (Wildman–Crippen MR) is 88.8 cm³/mol. The van der Waals surface area contributed by atoms with Gasteiger partial charge in [0, 0.05) is 32.2 Å². The van der Waals surface area contributed by atoms with Crippen LogP contribution in [0.3, 0.4) is 0 Å². The minimum Gasteiger partial charge on any atom is -0.477 e. The van der Waals surface area contributed by atoms with Gasteiger partial charge in [-0.25, -0.2) is 19.7 Å². The molecular weight excluding hydrogens is 316 g/mol. The van der Waals surface area contributed by atoms with E-state index in [4.69, 9.17) is 5.11 Å². The molecule has 0 spiro atoms. The first-order chi connectivity index (χ1) is 11.0. The second-order valence-electron chi connectivity index (χ2n) is 5.41. The molecule has 8 nitrogen and oxygen atoms in total. The van der Waals surface area contributed by atoms with Crippen LogP contribution in [-0.4, -0.2) is 64.2 Å². The topological polar surface area (TPSA) is 94.5 Å². The van der Waals surface area contributed by atoms with E-state index in [2.05, 4.69) is 37.1 Å². The smallest absolute Gasteiger partial charge is 0.347 e. The van der Waals surface area contributed by atoms with Crippen LogP contribution in [0.15, 0.2) is 12.3 Å². The highest BCUT2D eigenvalue weighted by Crippen LogP contribution is 2.24. The predicted octanol–water partition coefficient (Wildman–Crippen LogP) is 1.44. The maximum absolute atomic E-state index is 10.9. The van der Waals surface area contributed by atoms with Gasteiger partial charge in [0.2, 0.25) is 0 Å². The molecule has 0 unspecified atom stereocenters. The minimum atomic E-state index is -0.979. The van der Waals surface area contributed by atoms with E-state index in [-0.39, 0.29) is 4.88 Å². The van der Waals surface area contributed by atoms with E-state index in [1.807, 2.05) is 13.0 Å². The van der Waals surface area contributed by atoms with Crippen molar-refractivity contribution in [2.45, 2.75) is 6.92 Å². The first-order valence-corrected chi connectivity index (χ1v) is 8.08. The van der Waals surface area contributed by atoms with Gasteiger partial charge in [-0.05, 0) is 14.0 Å². The molecule has 0 amide bonds. The van der Waals surface area contributed by atoms with Gasteiger partial charge in [0.1, 0.15) is 22.3 Å². The monoisotopic (exact) mass is 334 g/mol. The summed E-state index contributed by atoms with van der Waals surface area (Å²) in [5.74, 6) is 1.19. The van der Waals surface area contributed by atoms with Gasteiger partial charge in [-0.3, -0.25) is 0 Å². The van der Waals surface area contributed by atoms with Crippen molar-refractivity contribution in [1.29, 1.82) is 0 Å². The highest BCUT2D eigenvalue weighted by Gasteiger charge is 2.17. The van der Waals surface area contributed by atoms with Crippen molar-refractivity contribution in [2.75, 3.05) is 43.4 Å². The van der Waals surface area contributed by atoms with Gasteiger partial charge >= 0.3 is 5.97 Å². The zero-order valence-corrected chi connectivity index (χ0v) is 13.8. The van der Waals surface area contributed by atoms with Gasteiger partial charge in [0.25, 0.3) is 0 Å². The molecule has 23 heavy (non-hydrogen) atoms. The third-order valence-corrected chi connectivity index (χ3v) is 4.50. The molecule has 0 aromatic carbocycles. The normalized spacial score (nSPS) is 15.7. The molecule has 1 saturated heterocycles. The molecule has 2 N–H and O–H groups in total. The van der Waals surface area contributed by atoms with E-state index in [9.17, 15) is 4.79 Å². The number of hydrogen-bond acceptors (Lipinski definition) is 8. The lowest BCUT2D eigenvalue weighted by Gasteiger charge is -2.33. The number of anilines is 3. The minimum absolute atomic E-state index is 0.192. The lowest BCUT2D eigenvalue weighted by atomic mass is 10.3. The number of carboxylic acids is 1. The summed E-state index contributed by atoms with van der Waals surface area (Å²) in [6, 6.07) is 1.88. The van der Waals surface area contributed by atoms with Crippen molar-refractivity contribution in [2.24, 2.45) is 0 Å². The first-order valence-electron chi connectivity index (χ1n) is 7.26. The third kappa shape index (κ3) is 3.74. The Morgan fingerprint density at radius 3 is 2.70 bits per heavy atom. The first kappa shape index (κ1) is 15.6. The molecule has 0 saturated carbocycles. The number of likely N-dealkylation sites (N-methyl/N-ethyl adjacent to an activating group) is 1. The summed E-state index contributed by atoms with van der Waals surface area (Å²) in [6.45, 7) is 5.69. The summed E-state index contributed by atoms with van der Waals surface area (Å²) < 4.78 is 0. The van der Waals surface area contributed by atoms with Gasteiger partial charge in [-0.15, -0.1) is 0 Å². The van der Waals surface area contributed by atoms with Crippen LogP contribution in [0.5, 0.6) is 0 Å². The van der Waals surface area contributed by atoms with Gasteiger partial charge in [-0.2, -0.15) is 0 Å². The van der Waals surface area contributed by atoms with Crippen molar-refractivity contribution in [1.82, 2.24) is 19.9 Å². The summed E-state index contributed by atoms with van der Waals surface area (Å²) >= 11 is 1.08. The second kappa shape index (κ2) is 6.47. The van der Waals surface area contributed by atoms with Crippen LogP contribution in [0, 0.1) is 6.92 Å². The van der Waals surface area contributed by atoms with Crippen molar-refractivity contribution in [3.05, 3.63) is 23.0 Å². The standard InChI is InChI=1S/C14H18N6O2S/c1-9-16-11(18-14-15-8-10(23-14)13(21)22)7-12(17-9)20-5-3-19(2)4-6-20/h7-8H,3-6H2,1-2H3,(H,21,22)(H,15,16,17,18). The Hall–Kier alpha value is -2.26. The number of aromatic carboxylic acids is 1. The molecule has 1 fully saturated rings. The summed E-state index contributed by atoms with van der Waals surface area (Å²) in [7, 11) is 2.11. The molecule has 0 radical (unpaired) electrons. The number of thiazole rings is 1. The number of hydrogen-bond donors (Lipinski definition) is 2. The van der Waals surface area contributed by atoms with Crippen LogP contribution in [0.4, 0.5) is 16.8 Å². The Balaban J connectivity index is 1.78. The lowest BCUT2D eigenvalue weighted by Crippen LogP contribution is -2.44. The number of aryl methyl sites for hydroxylation is 1. The second-order valence-corrected chi connectivity index (χ2v) is 6.44. The zero-order valence-electron chi connectivity index (χ0n) is 13.0. The molecule has 9 heteroatoms. The highest BCUT2D eigenvalue weighted by molar-refractivity contribution is 7.17. The van der Waals surface area contributed by atoms with Crippen molar-refractivity contribution >= 4 is 34.1 Å². The Morgan fingerprint density at radius 2 is 2.04 bits per heavy atom. The van der Waals surface area contributed by atoms with Crippen LogP contribution >= 0.6 is 11.3 Å². The molecule has 0 aliphatic carbocycles. The Kier molecular flexibility index (Phi) is 4.39.